The van der Waals surface area contributed by atoms with Gasteiger partial charge in [-0.1, -0.05) is 93.6 Å². The average Bonchev–Trinajstić information content (AvgIpc) is 3.09. The van der Waals surface area contributed by atoms with Gasteiger partial charge in [-0.25, -0.2) is 8.42 Å². The molecule has 4 aromatic carbocycles. The minimum absolute atomic E-state index is 0.0625. The van der Waals surface area contributed by atoms with Crippen LogP contribution in [0.2, 0.25) is 0 Å². The molecular formula is C38H45N3O5S. The SMILES string of the molecule is CC[C@H](C)NC(=O)[C@H](Cc1ccccc1)N(Cc1cccc(OC)c1)C(=O)CN(c1ccc(C(C)C)cc1)S(=O)(=O)c1ccccc1. The zero-order valence-corrected chi connectivity index (χ0v) is 28.6. The van der Waals surface area contributed by atoms with Crippen LogP contribution < -0.4 is 14.4 Å². The summed E-state index contributed by atoms with van der Waals surface area (Å²) in [6.45, 7) is 7.57. The number of anilines is 1. The number of amides is 2. The van der Waals surface area contributed by atoms with Crippen LogP contribution in [0.15, 0.2) is 114 Å². The van der Waals surface area contributed by atoms with Gasteiger partial charge >= 0.3 is 0 Å². The molecule has 0 aliphatic carbocycles. The average molecular weight is 656 g/mol. The van der Waals surface area contributed by atoms with E-state index in [4.69, 9.17) is 4.74 Å². The summed E-state index contributed by atoms with van der Waals surface area (Å²) in [5.41, 5.74) is 3.02. The molecule has 9 heteroatoms. The Morgan fingerprint density at radius 3 is 2.02 bits per heavy atom. The van der Waals surface area contributed by atoms with Crippen molar-refractivity contribution < 1.29 is 22.7 Å². The van der Waals surface area contributed by atoms with Crippen molar-refractivity contribution in [2.45, 2.75) is 70.0 Å². The van der Waals surface area contributed by atoms with Gasteiger partial charge < -0.3 is 15.0 Å². The quantitative estimate of drug-likeness (QED) is 0.156. The van der Waals surface area contributed by atoms with Gasteiger partial charge in [0.1, 0.15) is 18.3 Å². The number of nitrogens with zero attached hydrogens (tertiary/aromatic N) is 2. The van der Waals surface area contributed by atoms with Crippen molar-refractivity contribution in [1.82, 2.24) is 10.2 Å². The molecule has 0 aromatic heterocycles. The summed E-state index contributed by atoms with van der Waals surface area (Å²) in [5.74, 6) is 0.0294. The van der Waals surface area contributed by atoms with Gasteiger partial charge in [0.05, 0.1) is 17.7 Å². The van der Waals surface area contributed by atoms with Crippen molar-refractivity contribution in [2.24, 2.45) is 0 Å². The second-order valence-corrected chi connectivity index (χ2v) is 13.8. The van der Waals surface area contributed by atoms with E-state index in [1.165, 1.54) is 17.0 Å². The molecule has 0 spiro atoms. The van der Waals surface area contributed by atoms with Crippen molar-refractivity contribution in [3.63, 3.8) is 0 Å². The fraction of sp³-hybridized carbons (Fsp3) is 0.316. The molecule has 2 atom stereocenters. The number of ether oxygens (including phenoxy) is 1. The normalized spacial score (nSPS) is 12.6. The molecule has 0 radical (unpaired) electrons. The summed E-state index contributed by atoms with van der Waals surface area (Å²) in [4.78, 5) is 30.2. The molecule has 4 rings (SSSR count). The molecule has 2 amide bonds. The van der Waals surface area contributed by atoms with Gasteiger partial charge in [0.2, 0.25) is 11.8 Å². The third-order valence-corrected chi connectivity index (χ3v) is 10.0. The highest BCUT2D eigenvalue weighted by molar-refractivity contribution is 7.92. The maximum absolute atomic E-state index is 14.6. The zero-order chi connectivity index (χ0) is 34.0. The number of hydrogen-bond donors (Lipinski definition) is 1. The van der Waals surface area contributed by atoms with E-state index < -0.39 is 28.5 Å². The molecule has 0 saturated carbocycles. The van der Waals surface area contributed by atoms with Crippen LogP contribution in [0, 0.1) is 0 Å². The number of nitrogens with one attached hydrogen (secondary N) is 1. The maximum Gasteiger partial charge on any atom is 0.264 e. The Bertz CT molecular complexity index is 1710. The number of methoxy groups -OCH3 is 1. The van der Waals surface area contributed by atoms with E-state index in [1.54, 1.807) is 37.4 Å². The second-order valence-electron chi connectivity index (χ2n) is 12.0. The molecule has 0 bridgehead atoms. The zero-order valence-electron chi connectivity index (χ0n) is 27.8. The Balaban J connectivity index is 1.82. The van der Waals surface area contributed by atoms with Crippen LogP contribution in [0.5, 0.6) is 5.75 Å². The van der Waals surface area contributed by atoms with Crippen molar-refractivity contribution in [3.05, 3.63) is 126 Å². The molecule has 0 aliphatic rings. The molecule has 4 aromatic rings. The van der Waals surface area contributed by atoms with Crippen molar-refractivity contribution in [1.29, 1.82) is 0 Å². The van der Waals surface area contributed by atoms with Gasteiger partial charge in [-0.05, 0) is 72.4 Å². The van der Waals surface area contributed by atoms with Gasteiger partial charge in [0.25, 0.3) is 10.0 Å². The van der Waals surface area contributed by atoms with E-state index in [0.29, 0.717) is 17.9 Å². The minimum atomic E-state index is -4.16. The summed E-state index contributed by atoms with van der Waals surface area (Å²) >= 11 is 0. The molecule has 0 fully saturated rings. The fourth-order valence-electron chi connectivity index (χ4n) is 5.24. The number of sulfonamides is 1. The molecular weight excluding hydrogens is 611 g/mol. The lowest BCUT2D eigenvalue weighted by molar-refractivity contribution is -0.140. The summed E-state index contributed by atoms with van der Waals surface area (Å²) < 4.78 is 35.0. The first-order chi connectivity index (χ1) is 22.5. The van der Waals surface area contributed by atoms with E-state index in [0.717, 1.165) is 21.0 Å². The molecule has 0 heterocycles. The summed E-state index contributed by atoms with van der Waals surface area (Å²) in [7, 11) is -2.60. The molecule has 248 valence electrons. The largest absolute Gasteiger partial charge is 0.497 e. The molecule has 0 aliphatic heterocycles. The number of carbonyl (C=O) groups is 2. The topological polar surface area (TPSA) is 96.0 Å². The van der Waals surface area contributed by atoms with Crippen LogP contribution in [0.25, 0.3) is 0 Å². The lowest BCUT2D eigenvalue weighted by Crippen LogP contribution is -2.54. The Morgan fingerprint density at radius 1 is 0.809 bits per heavy atom. The van der Waals surface area contributed by atoms with Crippen LogP contribution in [0.1, 0.15) is 56.7 Å². The maximum atomic E-state index is 14.6. The third kappa shape index (κ3) is 9.23. The predicted octanol–water partition coefficient (Wildman–Crippen LogP) is 6.57. The fourth-order valence-corrected chi connectivity index (χ4v) is 6.67. The van der Waals surface area contributed by atoms with E-state index in [9.17, 15) is 18.0 Å². The Labute approximate surface area is 279 Å². The molecule has 8 nitrogen and oxygen atoms in total. The highest BCUT2D eigenvalue weighted by Crippen LogP contribution is 2.27. The van der Waals surface area contributed by atoms with Crippen LogP contribution in [0.4, 0.5) is 5.69 Å². The van der Waals surface area contributed by atoms with Gasteiger partial charge in [-0.15, -0.1) is 0 Å². The number of hydrogen-bond acceptors (Lipinski definition) is 5. The van der Waals surface area contributed by atoms with Crippen molar-refractivity contribution in [3.8, 4) is 5.75 Å². The lowest BCUT2D eigenvalue weighted by atomic mass is 10.0. The van der Waals surface area contributed by atoms with Crippen LogP contribution in [-0.4, -0.2) is 50.9 Å². The first-order valence-corrected chi connectivity index (χ1v) is 17.4. The molecule has 47 heavy (non-hydrogen) atoms. The second kappa shape index (κ2) is 16.3. The standard InChI is InChI=1S/C38H45N3O5S/c1-6-29(4)39-38(43)36(25-30-14-9-7-10-15-30)40(26-31-16-13-17-34(24-31)46-5)37(42)27-41(33-22-20-32(21-23-33)28(2)3)47(44,45)35-18-11-8-12-19-35/h7-24,28-29,36H,6,25-27H2,1-5H3,(H,39,43)/t29-,36-/m0/s1. The predicted molar refractivity (Wildman–Crippen MR) is 187 cm³/mol. The summed E-state index contributed by atoms with van der Waals surface area (Å²) in [5, 5.41) is 3.06. The summed E-state index contributed by atoms with van der Waals surface area (Å²) in [6.07, 6.45) is 0.955. The molecule has 0 saturated heterocycles. The van der Waals surface area contributed by atoms with E-state index in [-0.39, 0.29) is 35.7 Å². The summed E-state index contributed by atoms with van der Waals surface area (Å²) in [6, 6.07) is 31.1. The third-order valence-electron chi connectivity index (χ3n) is 8.22. The van der Waals surface area contributed by atoms with E-state index in [1.807, 2.05) is 80.6 Å². The monoisotopic (exact) mass is 655 g/mol. The number of benzene rings is 4. The van der Waals surface area contributed by atoms with Crippen LogP contribution in [-0.2, 0) is 32.6 Å². The van der Waals surface area contributed by atoms with Crippen LogP contribution >= 0.6 is 0 Å². The minimum Gasteiger partial charge on any atom is -0.497 e. The van der Waals surface area contributed by atoms with Crippen LogP contribution in [0.3, 0.4) is 0 Å². The van der Waals surface area contributed by atoms with Gasteiger partial charge in [0.15, 0.2) is 0 Å². The smallest absolute Gasteiger partial charge is 0.264 e. The van der Waals surface area contributed by atoms with Gasteiger partial charge in [-0.3, -0.25) is 13.9 Å². The van der Waals surface area contributed by atoms with E-state index >= 15 is 0 Å². The molecule has 1 N–H and O–H groups in total. The van der Waals surface area contributed by atoms with Gasteiger partial charge in [-0.2, -0.15) is 0 Å². The highest BCUT2D eigenvalue weighted by Gasteiger charge is 2.35. The van der Waals surface area contributed by atoms with E-state index in [2.05, 4.69) is 19.2 Å². The number of rotatable bonds is 15. The molecule has 0 unspecified atom stereocenters. The lowest BCUT2D eigenvalue weighted by Gasteiger charge is -2.34. The Hall–Kier alpha value is -4.63. The first kappa shape index (κ1) is 35.2. The first-order valence-electron chi connectivity index (χ1n) is 16.0. The van der Waals surface area contributed by atoms with Crippen molar-refractivity contribution in [2.75, 3.05) is 18.0 Å². The Morgan fingerprint density at radius 2 is 1.43 bits per heavy atom. The highest BCUT2D eigenvalue weighted by atomic mass is 32.2. The van der Waals surface area contributed by atoms with Gasteiger partial charge in [0, 0.05) is 19.0 Å². The Kier molecular flexibility index (Phi) is 12.2. The van der Waals surface area contributed by atoms with Crippen molar-refractivity contribution >= 4 is 27.5 Å². The number of carbonyl (C=O) groups excluding carboxylic acids is 2.